The van der Waals surface area contributed by atoms with Crippen LogP contribution in [0.2, 0.25) is 0 Å². The highest BCUT2D eigenvalue weighted by atomic mass is 79.9. The SMILES string of the molecule is C[C@H](N)[C@H]1C[C@@H]1c1ccc(Br)cc1. The second kappa shape index (κ2) is 3.43. The second-order valence-corrected chi connectivity index (χ2v) is 4.83. The number of nitrogens with two attached hydrogens (primary N) is 1. The molecule has 0 aromatic heterocycles. The normalized spacial score (nSPS) is 28.5. The summed E-state index contributed by atoms with van der Waals surface area (Å²) in [5, 5.41) is 0. The minimum absolute atomic E-state index is 0.341. The van der Waals surface area contributed by atoms with Crippen LogP contribution >= 0.6 is 15.9 Å². The first-order chi connectivity index (χ1) is 6.18. The molecule has 0 heterocycles. The van der Waals surface area contributed by atoms with Crippen molar-refractivity contribution in [1.82, 2.24) is 0 Å². The van der Waals surface area contributed by atoms with Gasteiger partial charge in [0.1, 0.15) is 0 Å². The fourth-order valence-corrected chi connectivity index (χ4v) is 2.15. The molecule has 2 rings (SSSR count). The maximum absolute atomic E-state index is 5.85. The lowest BCUT2D eigenvalue weighted by Crippen LogP contribution is -2.17. The molecule has 1 aromatic rings. The Morgan fingerprint density at radius 3 is 2.46 bits per heavy atom. The molecule has 1 saturated carbocycles. The van der Waals surface area contributed by atoms with E-state index in [1.165, 1.54) is 12.0 Å². The van der Waals surface area contributed by atoms with Gasteiger partial charge < -0.3 is 5.73 Å². The van der Waals surface area contributed by atoms with Crippen LogP contribution in [0.15, 0.2) is 28.7 Å². The monoisotopic (exact) mass is 239 g/mol. The van der Waals surface area contributed by atoms with E-state index in [1.54, 1.807) is 0 Å². The maximum atomic E-state index is 5.85. The average Bonchev–Trinajstić information content (AvgIpc) is 2.85. The molecular weight excluding hydrogens is 226 g/mol. The molecule has 1 aliphatic carbocycles. The summed E-state index contributed by atoms with van der Waals surface area (Å²) < 4.78 is 1.15. The molecule has 0 bridgehead atoms. The lowest BCUT2D eigenvalue weighted by Gasteiger charge is -2.03. The number of rotatable bonds is 2. The summed E-state index contributed by atoms with van der Waals surface area (Å²) in [4.78, 5) is 0. The summed E-state index contributed by atoms with van der Waals surface area (Å²) >= 11 is 3.43. The summed E-state index contributed by atoms with van der Waals surface area (Å²) in [7, 11) is 0. The molecule has 1 fully saturated rings. The van der Waals surface area contributed by atoms with E-state index in [9.17, 15) is 0 Å². The molecule has 0 unspecified atom stereocenters. The summed E-state index contributed by atoms with van der Waals surface area (Å²) in [6.45, 7) is 2.10. The van der Waals surface area contributed by atoms with E-state index in [0.717, 1.165) is 4.47 Å². The van der Waals surface area contributed by atoms with Crippen LogP contribution < -0.4 is 5.73 Å². The molecule has 0 aliphatic heterocycles. The number of benzene rings is 1. The van der Waals surface area contributed by atoms with Gasteiger partial charge in [0.25, 0.3) is 0 Å². The Kier molecular flexibility index (Phi) is 2.43. The minimum Gasteiger partial charge on any atom is -0.328 e. The minimum atomic E-state index is 0.341. The zero-order chi connectivity index (χ0) is 9.42. The predicted molar refractivity (Wildman–Crippen MR) is 58.6 cm³/mol. The molecule has 1 nitrogen and oxygen atoms in total. The summed E-state index contributed by atoms with van der Waals surface area (Å²) in [6.07, 6.45) is 1.26. The third kappa shape index (κ3) is 1.94. The topological polar surface area (TPSA) is 26.0 Å². The van der Waals surface area contributed by atoms with E-state index in [-0.39, 0.29) is 0 Å². The smallest absolute Gasteiger partial charge is 0.0175 e. The lowest BCUT2D eigenvalue weighted by molar-refractivity contribution is 0.631. The fraction of sp³-hybridized carbons (Fsp3) is 0.455. The van der Waals surface area contributed by atoms with Gasteiger partial charge in [-0.05, 0) is 42.9 Å². The molecule has 0 spiro atoms. The zero-order valence-electron chi connectivity index (χ0n) is 7.70. The van der Waals surface area contributed by atoms with Gasteiger partial charge in [-0.25, -0.2) is 0 Å². The van der Waals surface area contributed by atoms with Crippen LogP contribution in [-0.4, -0.2) is 6.04 Å². The lowest BCUT2D eigenvalue weighted by atomic mass is 10.1. The fourth-order valence-electron chi connectivity index (χ4n) is 1.89. The van der Waals surface area contributed by atoms with Crippen LogP contribution in [0.4, 0.5) is 0 Å². The molecule has 0 radical (unpaired) electrons. The van der Waals surface area contributed by atoms with Crippen molar-refractivity contribution in [2.24, 2.45) is 11.7 Å². The molecule has 2 N–H and O–H groups in total. The van der Waals surface area contributed by atoms with Gasteiger partial charge in [-0.3, -0.25) is 0 Å². The largest absolute Gasteiger partial charge is 0.328 e. The van der Waals surface area contributed by atoms with Crippen LogP contribution in [0.1, 0.15) is 24.8 Å². The molecular formula is C11H14BrN. The first-order valence-electron chi connectivity index (χ1n) is 4.69. The van der Waals surface area contributed by atoms with E-state index in [0.29, 0.717) is 17.9 Å². The first-order valence-corrected chi connectivity index (χ1v) is 5.49. The van der Waals surface area contributed by atoms with Crippen molar-refractivity contribution < 1.29 is 0 Å². The van der Waals surface area contributed by atoms with E-state index >= 15 is 0 Å². The van der Waals surface area contributed by atoms with Crippen molar-refractivity contribution >= 4 is 15.9 Å². The number of hydrogen-bond donors (Lipinski definition) is 1. The highest BCUT2D eigenvalue weighted by molar-refractivity contribution is 9.10. The standard InChI is InChI=1S/C11H14BrN/c1-7(13)10-6-11(10)8-2-4-9(12)5-3-8/h2-5,7,10-11H,6,13H2,1H3/t7-,10+,11+/m0/s1. The molecule has 2 heteroatoms. The van der Waals surface area contributed by atoms with Crippen molar-refractivity contribution in [3.63, 3.8) is 0 Å². The summed E-state index contributed by atoms with van der Waals surface area (Å²) in [5.74, 6) is 1.43. The van der Waals surface area contributed by atoms with E-state index in [1.807, 2.05) is 0 Å². The van der Waals surface area contributed by atoms with Gasteiger partial charge in [-0.2, -0.15) is 0 Å². The van der Waals surface area contributed by atoms with Crippen molar-refractivity contribution in [3.8, 4) is 0 Å². The Hall–Kier alpha value is -0.340. The second-order valence-electron chi connectivity index (χ2n) is 3.92. The zero-order valence-corrected chi connectivity index (χ0v) is 9.29. The van der Waals surface area contributed by atoms with Crippen LogP contribution in [0.5, 0.6) is 0 Å². The van der Waals surface area contributed by atoms with Crippen LogP contribution in [-0.2, 0) is 0 Å². The van der Waals surface area contributed by atoms with E-state index in [2.05, 4.69) is 47.1 Å². The molecule has 3 atom stereocenters. The highest BCUT2D eigenvalue weighted by Gasteiger charge is 2.40. The third-order valence-corrected chi connectivity index (χ3v) is 3.34. The quantitative estimate of drug-likeness (QED) is 0.845. The van der Waals surface area contributed by atoms with E-state index < -0.39 is 0 Å². The van der Waals surface area contributed by atoms with Crippen LogP contribution in [0.25, 0.3) is 0 Å². The molecule has 70 valence electrons. The maximum Gasteiger partial charge on any atom is 0.0175 e. The van der Waals surface area contributed by atoms with Gasteiger partial charge in [-0.15, -0.1) is 0 Å². The van der Waals surface area contributed by atoms with Crippen LogP contribution in [0, 0.1) is 5.92 Å². The van der Waals surface area contributed by atoms with Gasteiger partial charge in [0.15, 0.2) is 0 Å². The first kappa shape index (κ1) is 9.22. The summed E-state index contributed by atoms with van der Waals surface area (Å²) in [6, 6.07) is 8.93. The van der Waals surface area contributed by atoms with Gasteiger partial charge in [0.2, 0.25) is 0 Å². The third-order valence-electron chi connectivity index (χ3n) is 2.81. The van der Waals surface area contributed by atoms with Crippen LogP contribution in [0.3, 0.4) is 0 Å². The van der Waals surface area contributed by atoms with Gasteiger partial charge in [-0.1, -0.05) is 28.1 Å². The van der Waals surface area contributed by atoms with Crippen molar-refractivity contribution in [2.45, 2.75) is 25.3 Å². The highest BCUT2D eigenvalue weighted by Crippen LogP contribution is 2.48. The van der Waals surface area contributed by atoms with Crippen molar-refractivity contribution in [1.29, 1.82) is 0 Å². The molecule has 1 aromatic carbocycles. The number of hydrogen-bond acceptors (Lipinski definition) is 1. The molecule has 0 saturated heterocycles. The van der Waals surface area contributed by atoms with Crippen molar-refractivity contribution in [3.05, 3.63) is 34.3 Å². The molecule has 13 heavy (non-hydrogen) atoms. The number of halogens is 1. The van der Waals surface area contributed by atoms with E-state index in [4.69, 9.17) is 5.73 Å². The Bertz CT molecular complexity index is 291. The van der Waals surface area contributed by atoms with Gasteiger partial charge in [0.05, 0.1) is 0 Å². The summed E-state index contributed by atoms with van der Waals surface area (Å²) in [5.41, 5.74) is 7.28. The Morgan fingerprint density at radius 2 is 2.00 bits per heavy atom. The Balaban J connectivity index is 2.08. The average molecular weight is 240 g/mol. The van der Waals surface area contributed by atoms with Crippen molar-refractivity contribution in [2.75, 3.05) is 0 Å². The predicted octanol–water partition coefficient (Wildman–Crippen LogP) is 2.90. The van der Waals surface area contributed by atoms with Gasteiger partial charge in [0, 0.05) is 10.5 Å². The Labute approximate surface area is 87.5 Å². The molecule has 1 aliphatic rings. The van der Waals surface area contributed by atoms with Gasteiger partial charge >= 0.3 is 0 Å². The molecule has 0 amide bonds. The Morgan fingerprint density at radius 1 is 1.38 bits per heavy atom.